The third kappa shape index (κ3) is 4.43. The molecular weight excluding hydrogens is 164 g/mol. The summed E-state index contributed by atoms with van der Waals surface area (Å²) in [6.07, 6.45) is 1.54. The molecule has 0 aromatic rings. The van der Waals surface area contributed by atoms with Gasteiger partial charge in [-0.15, -0.1) is 0 Å². The molecular formula is C7H10O5. The molecule has 0 radical (unpaired) electrons. The van der Waals surface area contributed by atoms with E-state index in [-0.39, 0.29) is 13.1 Å². The van der Waals surface area contributed by atoms with Crippen LogP contribution in [0, 0.1) is 0 Å². The maximum Gasteiger partial charge on any atom is 0.424 e. The third-order valence-corrected chi connectivity index (χ3v) is 1.05. The number of hydrogen-bond acceptors (Lipinski definition) is 5. The van der Waals surface area contributed by atoms with E-state index in [0.29, 0.717) is 6.42 Å². The lowest BCUT2D eigenvalue weighted by Gasteiger charge is -1.99. The van der Waals surface area contributed by atoms with Crippen LogP contribution in [-0.2, 0) is 23.9 Å². The smallest absolute Gasteiger partial charge is 0.424 e. The number of unbranched alkanes of at least 4 members (excludes halogenated alkanes) is 1. The zero-order chi connectivity index (χ0) is 9.40. The first-order chi connectivity index (χ1) is 5.72. The van der Waals surface area contributed by atoms with Crippen molar-refractivity contribution in [3.8, 4) is 0 Å². The minimum Gasteiger partial charge on any atom is -0.457 e. The largest absolute Gasteiger partial charge is 0.457 e. The summed E-state index contributed by atoms with van der Waals surface area (Å²) in [7, 11) is 0. The molecule has 0 fully saturated rings. The Balaban J connectivity index is 3.57. The summed E-state index contributed by atoms with van der Waals surface area (Å²) < 4.78 is 8.16. The van der Waals surface area contributed by atoms with Gasteiger partial charge < -0.3 is 9.47 Å². The molecule has 0 saturated carbocycles. The second kappa shape index (κ2) is 6.33. The molecule has 0 saturated heterocycles. The van der Waals surface area contributed by atoms with Crippen LogP contribution in [-0.4, -0.2) is 25.0 Å². The molecule has 0 N–H and O–H groups in total. The number of hydrogen-bond donors (Lipinski definition) is 0. The predicted molar refractivity (Wildman–Crippen MR) is 38.0 cm³/mol. The van der Waals surface area contributed by atoms with Gasteiger partial charge in [-0.3, -0.25) is 4.79 Å². The highest BCUT2D eigenvalue weighted by Crippen LogP contribution is 1.89. The predicted octanol–water partition coefficient (Wildman–Crippen LogP) is 0.0293. The third-order valence-electron chi connectivity index (χ3n) is 1.05. The fourth-order valence-electron chi connectivity index (χ4n) is 0.460. The van der Waals surface area contributed by atoms with E-state index >= 15 is 0 Å². The molecule has 68 valence electrons. The molecule has 5 nitrogen and oxygen atoms in total. The van der Waals surface area contributed by atoms with Gasteiger partial charge in [0.2, 0.25) is 0 Å². The highest BCUT2D eigenvalue weighted by molar-refractivity contribution is 6.30. The lowest BCUT2D eigenvalue weighted by Crippen LogP contribution is -2.20. The Bertz CT molecular complexity index is 175. The molecule has 0 aromatic heterocycles. The summed E-state index contributed by atoms with van der Waals surface area (Å²) in [6, 6.07) is 0. The van der Waals surface area contributed by atoms with E-state index in [9.17, 15) is 14.4 Å². The first-order valence-corrected chi connectivity index (χ1v) is 3.53. The minimum atomic E-state index is -1.28. The molecule has 0 amide bonds. The maximum absolute atomic E-state index is 10.6. The average molecular weight is 174 g/mol. The van der Waals surface area contributed by atoms with Crippen molar-refractivity contribution >= 4 is 18.4 Å². The lowest BCUT2D eigenvalue weighted by molar-refractivity contribution is -0.169. The molecule has 0 aliphatic heterocycles. The van der Waals surface area contributed by atoms with Gasteiger partial charge in [-0.2, -0.15) is 0 Å². The first kappa shape index (κ1) is 10.6. The normalized spacial score (nSPS) is 8.75. The second-order valence-electron chi connectivity index (χ2n) is 1.99. The number of ether oxygens (including phenoxy) is 2. The monoisotopic (exact) mass is 174 g/mol. The van der Waals surface area contributed by atoms with E-state index < -0.39 is 11.9 Å². The van der Waals surface area contributed by atoms with E-state index in [0.717, 1.165) is 6.42 Å². The van der Waals surface area contributed by atoms with Crippen molar-refractivity contribution in [2.75, 3.05) is 6.61 Å². The highest BCUT2D eigenvalue weighted by Gasteiger charge is 2.16. The maximum atomic E-state index is 10.6. The van der Waals surface area contributed by atoms with Gasteiger partial charge in [-0.05, 0) is 6.42 Å². The fourth-order valence-corrected chi connectivity index (χ4v) is 0.460. The molecule has 0 atom stereocenters. The van der Waals surface area contributed by atoms with Crippen LogP contribution in [0.15, 0.2) is 0 Å². The van der Waals surface area contributed by atoms with Gasteiger partial charge in [0.25, 0.3) is 0 Å². The fraction of sp³-hybridized carbons (Fsp3) is 0.571. The topological polar surface area (TPSA) is 69.7 Å². The Labute approximate surface area is 69.6 Å². The van der Waals surface area contributed by atoms with Gasteiger partial charge in [-0.25, -0.2) is 9.59 Å². The van der Waals surface area contributed by atoms with Crippen molar-refractivity contribution in [3.63, 3.8) is 0 Å². The van der Waals surface area contributed by atoms with Crippen molar-refractivity contribution < 1.29 is 23.9 Å². The second-order valence-corrected chi connectivity index (χ2v) is 1.99. The van der Waals surface area contributed by atoms with Crippen molar-refractivity contribution in [2.24, 2.45) is 0 Å². The Morgan fingerprint density at radius 3 is 2.50 bits per heavy atom. The average Bonchev–Trinajstić information content (AvgIpc) is 2.05. The van der Waals surface area contributed by atoms with E-state index in [2.05, 4.69) is 9.47 Å². The van der Waals surface area contributed by atoms with Crippen LogP contribution >= 0.6 is 0 Å². The van der Waals surface area contributed by atoms with Crippen molar-refractivity contribution in [1.29, 1.82) is 0 Å². The summed E-state index contributed by atoms with van der Waals surface area (Å²) in [4.78, 5) is 30.6. The van der Waals surface area contributed by atoms with Crippen LogP contribution in [0.1, 0.15) is 19.8 Å². The Morgan fingerprint density at radius 2 is 2.00 bits per heavy atom. The molecule has 0 heterocycles. The van der Waals surface area contributed by atoms with Crippen LogP contribution < -0.4 is 0 Å². The molecule has 0 rings (SSSR count). The molecule has 0 aliphatic carbocycles. The van der Waals surface area contributed by atoms with Gasteiger partial charge in [0.1, 0.15) is 0 Å². The summed E-state index contributed by atoms with van der Waals surface area (Å²) >= 11 is 0. The molecule has 0 unspecified atom stereocenters. The van der Waals surface area contributed by atoms with Gasteiger partial charge in [0, 0.05) is 0 Å². The number of carbonyl (C=O) groups excluding carboxylic acids is 3. The van der Waals surface area contributed by atoms with Crippen LogP contribution in [0.4, 0.5) is 0 Å². The Hall–Kier alpha value is -1.39. The first-order valence-electron chi connectivity index (χ1n) is 3.53. The van der Waals surface area contributed by atoms with Crippen LogP contribution in [0.25, 0.3) is 0 Å². The van der Waals surface area contributed by atoms with E-state index in [4.69, 9.17) is 0 Å². The highest BCUT2D eigenvalue weighted by atomic mass is 16.6. The Morgan fingerprint density at radius 1 is 1.33 bits per heavy atom. The lowest BCUT2D eigenvalue weighted by atomic mass is 10.4. The molecule has 5 heteroatoms. The van der Waals surface area contributed by atoms with Crippen LogP contribution in [0.2, 0.25) is 0 Å². The van der Waals surface area contributed by atoms with Gasteiger partial charge in [-0.1, -0.05) is 13.3 Å². The standard InChI is InChI=1S/C7H10O5/c1-2-3-4-11-6(9)7(10)12-5-8/h5H,2-4H2,1H3. The summed E-state index contributed by atoms with van der Waals surface area (Å²) in [5.41, 5.74) is 0. The SMILES string of the molecule is CCCCOC(=O)C(=O)OC=O. The van der Waals surface area contributed by atoms with E-state index in [1.165, 1.54) is 0 Å². The molecule has 0 spiro atoms. The molecule has 0 bridgehead atoms. The minimum absolute atomic E-state index is 0.108. The number of esters is 2. The van der Waals surface area contributed by atoms with Gasteiger partial charge in [0.15, 0.2) is 0 Å². The van der Waals surface area contributed by atoms with Crippen LogP contribution in [0.3, 0.4) is 0 Å². The van der Waals surface area contributed by atoms with Crippen LogP contribution in [0.5, 0.6) is 0 Å². The van der Waals surface area contributed by atoms with Crippen molar-refractivity contribution in [1.82, 2.24) is 0 Å². The van der Waals surface area contributed by atoms with Gasteiger partial charge in [0.05, 0.1) is 6.61 Å². The van der Waals surface area contributed by atoms with E-state index in [1.807, 2.05) is 6.92 Å². The summed E-state index contributed by atoms with van der Waals surface area (Å²) in [5.74, 6) is -2.41. The quantitative estimate of drug-likeness (QED) is 0.198. The van der Waals surface area contributed by atoms with Gasteiger partial charge >= 0.3 is 18.4 Å². The Kier molecular flexibility index (Phi) is 5.60. The summed E-state index contributed by atoms with van der Waals surface area (Å²) in [6.45, 7) is 1.98. The zero-order valence-electron chi connectivity index (χ0n) is 6.74. The summed E-state index contributed by atoms with van der Waals surface area (Å²) in [5, 5.41) is 0. The number of rotatable bonds is 4. The zero-order valence-corrected chi connectivity index (χ0v) is 6.74. The van der Waals surface area contributed by atoms with E-state index in [1.54, 1.807) is 0 Å². The molecule has 0 aliphatic rings. The molecule has 0 aromatic carbocycles. The number of carbonyl (C=O) groups is 3. The molecule has 12 heavy (non-hydrogen) atoms. The van der Waals surface area contributed by atoms with Crippen molar-refractivity contribution in [3.05, 3.63) is 0 Å². The van der Waals surface area contributed by atoms with Crippen molar-refractivity contribution in [2.45, 2.75) is 19.8 Å².